The Bertz CT molecular complexity index is 1010. The van der Waals surface area contributed by atoms with Crippen LogP contribution < -0.4 is 14.8 Å². The Morgan fingerprint density at radius 3 is 2.69 bits per heavy atom. The third kappa shape index (κ3) is 4.43. The molecule has 1 atom stereocenters. The number of carbonyl (C=O) groups excluding carboxylic acids is 1. The third-order valence-electron chi connectivity index (χ3n) is 6.33. The minimum absolute atomic E-state index is 0.0891. The number of likely N-dealkylation sites (tertiary alicyclic amines) is 1. The van der Waals surface area contributed by atoms with E-state index in [4.69, 9.17) is 14.5 Å². The molecule has 2 aliphatic heterocycles. The van der Waals surface area contributed by atoms with Gasteiger partial charge in [0.25, 0.3) is 0 Å². The second-order valence-electron chi connectivity index (χ2n) is 8.36. The number of benzene rings is 2. The zero-order chi connectivity index (χ0) is 22.7. The molecule has 2 aromatic rings. The number of phenolic OH excluding ortho intramolecular Hbond substituents is 1. The van der Waals surface area contributed by atoms with Crippen molar-refractivity contribution in [3.8, 4) is 17.2 Å². The van der Waals surface area contributed by atoms with Crippen molar-refractivity contribution in [2.45, 2.75) is 44.8 Å². The molecule has 0 radical (unpaired) electrons. The summed E-state index contributed by atoms with van der Waals surface area (Å²) in [5, 5.41) is 14.6. The highest BCUT2D eigenvalue weighted by molar-refractivity contribution is 6.02. The number of nitrogens with one attached hydrogen (secondary N) is 1. The largest absolute Gasteiger partial charge is 0.504 e. The number of aromatic hydroxyl groups is 1. The fourth-order valence-electron chi connectivity index (χ4n) is 4.62. The van der Waals surface area contributed by atoms with Crippen LogP contribution in [0, 0.1) is 0 Å². The highest BCUT2D eigenvalue weighted by Crippen LogP contribution is 2.40. The van der Waals surface area contributed by atoms with Crippen molar-refractivity contribution in [2.75, 3.05) is 26.8 Å². The maximum absolute atomic E-state index is 11.9. The summed E-state index contributed by atoms with van der Waals surface area (Å²) in [6.07, 6.45) is 2.04. The van der Waals surface area contributed by atoms with E-state index < -0.39 is 5.66 Å². The highest BCUT2D eigenvalue weighted by atomic mass is 16.5. The number of para-hydroxylation sites is 1. The van der Waals surface area contributed by atoms with Gasteiger partial charge in [-0.15, -0.1) is 0 Å². The molecule has 0 aromatic heterocycles. The maximum atomic E-state index is 11.9. The topological polar surface area (TPSA) is 83.4 Å². The van der Waals surface area contributed by atoms with Crippen LogP contribution in [-0.4, -0.2) is 54.1 Å². The van der Waals surface area contributed by atoms with Crippen LogP contribution >= 0.6 is 0 Å². The number of piperidine rings is 1. The number of ether oxygens (including phenoxy) is 2. The molecule has 0 aliphatic carbocycles. The lowest BCUT2D eigenvalue weighted by atomic mass is 9.87. The van der Waals surface area contributed by atoms with Crippen LogP contribution in [0.4, 0.5) is 0 Å². The van der Waals surface area contributed by atoms with E-state index in [0.29, 0.717) is 44.7 Å². The Hall–Kier alpha value is -3.06. The van der Waals surface area contributed by atoms with Gasteiger partial charge in [0.2, 0.25) is 5.91 Å². The highest BCUT2D eigenvalue weighted by Gasteiger charge is 2.41. The molecular formula is C25H31N3O4. The van der Waals surface area contributed by atoms with E-state index in [1.54, 1.807) is 20.1 Å². The van der Waals surface area contributed by atoms with Gasteiger partial charge in [-0.05, 0) is 30.7 Å². The molecule has 2 heterocycles. The standard InChI is InChI=1S/C25H31N3O4/c1-4-32-23-10-6-9-20(24(23)30)22-16-21(18-7-5-8-19(15-18)31-3)26-25(27-22)11-13-28(14-12-25)17(2)29/h5-10,15,22,27,30H,4,11-14,16H2,1-3H3/t22-/m0/s1. The van der Waals surface area contributed by atoms with Crippen molar-refractivity contribution < 1.29 is 19.4 Å². The minimum atomic E-state index is -0.499. The summed E-state index contributed by atoms with van der Waals surface area (Å²) < 4.78 is 11.0. The molecular weight excluding hydrogens is 406 g/mol. The smallest absolute Gasteiger partial charge is 0.219 e. The van der Waals surface area contributed by atoms with Gasteiger partial charge in [0.05, 0.1) is 13.7 Å². The van der Waals surface area contributed by atoms with E-state index in [-0.39, 0.29) is 17.7 Å². The second kappa shape index (κ2) is 9.20. The summed E-state index contributed by atoms with van der Waals surface area (Å²) in [6.45, 7) is 5.29. The summed E-state index contributed by atoms with van der Waals surface area (Å²) in [5.41, 5.74) is 2.26. The third-order valence-corrected chi connectivity index (χ3v) is 6.33. The van der Waals surface area contributed by atoms with Gasteiger partial charge >= 0.3 is 0 Å². The molecule has 0 unspecified atom stereocenters. The Labute approximate surface area is 189 Å². The van der Waals surface area contributed by atoms with Gasteiger partial charge in [0.1, 0.15) is 11.4 Å². The fraction of sp³-hybridized carbons (Fsp3) is 0.440. The van der Waals surface area contributed by atoms with E-state index >= 15 is 0 Å². The summed E-state index contributed by atoms with van der Waals surface area (Å²) in [6, 6.07) is 13.4. The number of amides is 1. The quantitative estimate of drug-likeness (QED) is 0.746. The molecule has 170 valence electrons. The number of rotatable bonds is 5. The zero-order valence-electron chi connectivity index (χ0n) is 18.9. The lowest BCUT2D eigenvalue weighted by Gasteiger charge is -2.45. The average molecular weight is 438 g/mol. The van der Waals surface area contributed by atoms with Gasteiger partial charge in [-0.25, -0.2) is 0 Å². The van der Waals surface area contributed by atoms with Crippen LogP contribution in [0.15, 0.2) is 47.5 Å². The predicted molar refractivity (Wildman–Crippen MR) is 124 cm³/mol. The molecule has 2 aliphatic rings. The first kappa shape index (κ1) is 22.1. The Morgan fingerprint density at radius 2 is 2.00 bits per heavy atom. The number of aliphatic imine (C=N–C) groups is 1. The molecule has 32 heavy (non-hydrogen) atoms. The van der Waals surface area contributed by atoms with Crippen molar-refractivity contribution in [1.82, 2.24) is 10.2 Å². The van der Waals surface area contributed by atoms with Crippen LogP contribution in [0.1, 0.15) is 50.3 Å². The van der Waals surface area contributed by atoms with E-state index in [2.05, 4.69) is 5.32 Å². The van der Waals surface area contributed by atoms with Crippen molar-refractivity contribution in [3.63, 3.8) is 0 Å². The van der Waals surface area contributed by atoms with Gasteiger partial charge in [-0.3, -0.25) is 15.1 Å². The monoisotopic (exact) mass is 437 g/mol. The molecule has 2 aromatic carbocycles. The lowest BCUT2D eigenvalue weighted by Crippen LogP contribution is -2.56. The first-order valence-corrected chi connectivity index (χ1v) is 11.2. The van der Waals surface area contributed by atoms with Crippen LogP contribution in [-0.2, 0) is 4.79 Å². The van der Waals surface area contributed by atoms with Gasteiger partial charge in [-0.2, -0.15) is 0 Å². The molecule has 1 amide bonds. The Balaban J connectivity index is 1.72. The Morgan fingerprint density at radius 1 is 1.25 bits per heavy atom. The van der Waals surface area contributed by atoms with Crippen molar-refractivity contribution >= 4 is 11.6 Å². The normalized spacial score (nSPS) is 20.0. The zero-order valence-corrected chi connectivity index (χ0v) is 18.9. The molecule has 1 fully saturated rings. The van der Waals surface area contributed by atoms with Crippen LogP contribution in [0.5, 0.6) is 17.2 Å². The molecule has 0 saturated carbocycles. The molecule has 1 saturated heterocycles. The summed E-state index contributed by atoms with van der Waals surface area (Å²) in [5.74, 6) is 1.51. The van der Waals surface area contributed by atoms with Crippen LogP contribution in [0.3, 0.4) is 0 Å². The van der Waals surface area contributed by atoms with Gasteiger partial charge in [0.15, 0.2) is 11.5 Å². The minimum Gasteiger partial charge on any atom is -0.504 e. The molecule has 4 rings (SSSR count). The van der Waals surface area contributed by atoms with E-state index in [0.717, 1.165) is 22.6 Å². The number of phenols is 1. The molecule has 7 heteroatoms. The van der Waals surface area contributed by atoms with E-state index in [1.165, 1.54) is 0 Å². The molecule has 0 bridgehead atoms. The first-order chi connectivity index (χ1) is 15.4. The first-order valence-electron chi connectivity index (χ1n) is 11.2. The summed E-state index contributed by atoms with van der Waals surface area (Å²) in [4.78, 5) is 18.9. The number of methoxy groups -OCH3 is 1. The number of carbonyl (C=O) groups is 1. The maximum Gasteiger partial charge on any atom is 0.219 e. The lowest BCUT2D eigenvalue weighted by molar-refractivity contribution is -0.130. The van der Waals surface area contributed by atoms with Gasteiger partial charge in [0, 0.05) is 56.6 Å². The SMILES string of the molecule is CCOc1cccc([C@@H]2CC(c3cccc(OC)c3)=NC3(CCN(C(C)=O)CC3)N2)c1O. The van der Waals surface area contributed by atoms with Crippen molar-refractivity contribution in [3.05, 3.63) is 53.6 Å². The summed E-state index contributed by atoms with van der Waals surface area (Å²) >= 11 is 0. The van der Waals surface area contributed by atoms with Crippen molar-refractivity contribution in [2.24, 2.45) is 4.99 Å². The van der Waals surface area contributed by atoms with Crippen molar-refractivity contribution in [1.29, 1.82) is 0 Å². The van der Waals surface area contributed by atoms with E-state index in [1.807, 2.05) is 48.2 Å². The second-order valence-corrected chi connectivity index (χ2v) is 8.36. The summed E-state index contributed by atoms with van der Waals surface area (Å²) in [7, 11) is 1.66. The Kier molecular flexibility index (Phi) is 6.37. The van der Waals surface area contributed by atoms with Gasteiger partial charge < -0.3 is 19.5 Å². The predicted octanol–water partition coefficient (Wildman–Crippen LogP) is 3.66. The van der Waals surface area contributed by atoms with Gasteiger partial charge in [-0.1, -0.05) is 24.3 Å². The average Bonchev–Trinajstić information content (AvgIpc) is 2.80. The molecule has 2 N–H and O–H groups in total. The number of hydrogen-bond acceptors (Lipinski definition) is 6. The van der Waals surface area contributed by atoms with Crippen LogP contribution in [0.25, 0.3) is 0 Å². The van der Waals surface area contributed by atoms with E-state index in [9.17, 15) is 9.90 Å². The molecule has 7 nitrogen and oxygen atoms in total. The number of hydrogen-bond donors (Lipinski definition) is 2. The number of nitrogens with zero attached hydrogens (tertiary/aromatic N) is 2. The fourth-order valence-corrected chi connectivity index (χ4v) is 4.62. The van der Waals surface area contributed by atoms with Crippen LogP contribution in [0.2, 0.25) is 0 Å². The molecule has 1 spiro atoms.